The molecule has 1 heterocycles. The topological polar surface area (TPSA) is 242 Å². The van der Waals surface area contributed by atoms with E-state index in [9.17, 15) is 9.59 Å². The highest BCUT2D eigenvalue weighted by Gasteiger charge is 2.31. The van der Waals surface area contributed by atoms with Gasteiger partial charge in [0.15, 0.2) is 0 Å². The standard InChI is InChI=1S/C52H76N4O4S4.C4H7NO4/c1-49(2,3)33-25-37-45(57-21-13-17-53)38(26-33)62-40-28-35(51(7,8)9)30-42(47(40)59-23-15-19-55)64-44-32-36(52(10,11)12)31-43(48(44)60-24-16-20-56)63-41-29-34(50(4,5)6)27-39(61-37)46(41)58-22-14-18-54;5-2(4(8)9)1-3(6)7/h25-32H,13-24,53-56H2,1-12H3;2H,1,5H2,(H,6,7)(H,8,9). The first-order chi connectivity index (χ1) is 34.1. The van der Waals surface area contributed by atoms with Crippen LogP contribution in [0, 0.1) is 0 Å². The molecule has 12 N–H and O–H groups in total. The van der Waals surface area contributed by atoms with E-state index >= 15 is 0 Å². The first kappa shape index (κ1) is 61.8. The van der Waals surface area contributed by atoms with Gasteiger partial charge < -0.3 is 57.8 Å². The quantitative estimate of drug-likeness (QED) is 0.0380. The molecule has 13 nitrogen and oxygen atoms in total. The van der Waals surface area contributed by atoms with Crippen LogP contribution >= 0.6 is 47.0 Å². The Hall–Kier alpha value is -3.78. The fourth-order valence-electron chi connectivity index (χ4n) is 6.99. The third-order valence-corrected chi connectivity index (χ3v) is 15.7. The largest absolute Gasteiger partial charge is 0.491 e. The molecule has 1 atom stereocenters. The van der Waals surface area contributed by atoms with Crippen LogP contribution in [0.5, 0.6) is 23.0 Å². The molecule has 8 bridgehead atoms. The summed E-state index contributed by atoms with van der Waals surface area (Å²) < 4.78 is 27.6. The molecule has 4 aromatic rings. The van der Waals surface area contributed by atoms with Gasteiger partial charge in [0, 0.05) is 0 Å². The van der Waals surface area contributed by atoms with Crippen LogP contribution in [-0.2, 0) is 31.2 Å². The van der Waals surface area contributed by atoms with Crippen LogP contribution in [-0.4, -0.2) is 80.8 Å². The van der Waals surface area contributed by atoms with E-state index in [2.05, 4.69) is 132 Å². The van der Waals surface area contributed by atoms with Crippen molar-refractivity contribution in [3.8, 4) is 23.0 Å². The lowest BCUT2D eigenvalue weighted by atomic mass is 9.87. The predicted molar refractivity (Wildman–Crippen MR) is 302 cm³/mol. The number of benzene rings is 4. The molecule has 17 heteroatoms. The lowest BCUT2D eigenvalue weighted by molar-refractivity contribution is -0.144. The van der Waals surface area contributed by atoms with E-state index in [0.717, 1.165) is 87.8 Å². The van der Waals surface area contributed by atoms with Gasteiger partial charge in [0.25, 0.3) is 0 Å². The van der Waals surface area contributed by atoms with Crippen molar-refractivity contribution < 1.29 is 38.7 Å². The Kier molecular flexibility index (Phi) is 23.1. The minimum atomic E-state index is -1.29. The van der Waals surface area contributed by atoms with Crippen molar-refractivity contribution >= 4 is 59.0 Å². The van der Waals surface area contributed by atoms with Crippen LogP contribution in [0.4, 0.5) is 0 Å². The molecule has 1 aliphatic rings. The molecule has 0 aliphatic carbocycles. The average molecular weight is 1080 g/mol. The van der Waals surface area contributed by atoms with Gasteiger partial charge in [0.2, 0.25) is 0 Å². The molecular formula is C56H83N5O8S4. The summed E-state index contributed by atoms with van der Waals surface area (Å²) in [5, 5.41) is 16.0. The fraction of sp³-hybridized carbons (Fsp3) is 0.536. The Morgan fingerprint density at radius 3 is 0.740 bits per heavy atom. The molecule has 0 spiro atoms. The molecule has 0 radical (unpaired) electrons. The molecule has 1 aliphatic heterocycles. The Morgan fingerprint density at radius 1 is 0.425 bits per heavy atom. The summed E-state index contributed by atoms with van der Waals surface area (Å²) in [6.45, 7) is 31.3. The van der Waals surface area contributed by atoms with Crippen LogP contribution in [0.3, 0.4) is 0 Å². The smallest absolute Gasteiger partial charge is 0.321 e. The molecule has 4 aromatic carbocycles. The second-order valence-electron chi connectivity index (χ2n) is 22.1. The number of carboxylic acid groups (broad SMARTS) is 2. The Balaban J connectivity index is 0.00000117. The van der Waals surface area contributed by atoms with Crippen LogP contribution in [0.1, 0.15) is 137 Å². The third-order valence-electron chi connectivity index (χ3n) is 11.5. The number of carbonyl (C=O) groups is 2. The van der Waals surface area contributed by atoms with Crippen LogP contribution in [0.2, 0.25) is 0 Å². The van der Waals surface area contributed by atoms with Crippen molar-refractivity contribution in [3.63, 3.8) is 0 Å². The zero-order valence-corrected chi connectivity index (χ0v) is 48.5. The van der Waals surface area contributed by atoms with E-state index in [0.29, 0.717) is 52.6 Å². The Morgan fingerprint density at radius 2 is 0.616 bits per heavy atom. The van der Waals surface area contributed by atoms with Crippen molar-refractivity contribution in [1.29, 1.82) is 0 Å². The highest BCUT2D eigenvalue weighted by molar-refractivity contribution is 8.01. The second-order valence-corrected chi connectivity index (χ2v) is 26.5. The van der Waals surface area contributed by atoms with Gasteiger partial charge in [0.05, 0.1) is 72.0 Å². The van der Waals surface area contributed by atoms with Gasteiger partial charge in [-0.1, -0.05) is 130 Å². The average Bonchev–Trinajstić information content (AvgIpc) is 3.27. The molecule has 0 fully saturated rings. The minimum Gasteiger partial charge on any atom is -0.491 e. The zero-order chi connectivity index (χ0) is 54.5. The van der Waals surface area contributed by atoms with E-state index in [1.54, 1.807) is 47.0 Å². The predicted octanol–water partition coefficient (Wildman–Crippen LogP) is 11.6. The summed E-state index contributed by atoms with van der Waals surface area (Å²) in [5.41, 5.74) is 33.3. The number of rotatable bonds is 19. The maximum Gasteiger partial charge on any atom is 0.321 e. The van der Waals surface area contributed by atoms with Crippen molar-refractivity contribution in [1.82, 2.24) is 0 Å². The van der Waals surface area contributed by atoms with Crippen LogP contribution < -0.4 is 47.6 Å². The number of carboxylic acids is 2. The SMILES string of the molecule is CC(C)(C)c1cc2c(OCCCN)c(c1)Sc1cc(C(C)(C)C)cc(c1OCCCN)Sc1cc(C(C)(C)C)cc(c1OCCCN)Sc1cc(C(C)(C)C)cc(c1OCCCN)S2.NC(CC(=O)O)C(=O)O. The highest BCUT2D eigenvalue weighted by Crippen LogP contribution is 2.56. The maximum atomic E-state index is 9.85. The summed E-state index contributed by atoms with van der Waals surface area (Å²) in [6.07, 6.45) is 2.36. The molecule has 0 amide bonds. The second kappa shape index (κ2) is 27.3. The minimum absolute atomic E-state index is 0.168. The van der Waals surface area contributed by atoms with Gasteiger partial charge in [-0.25, -0.2) is 0 Å². The summed E-state index contributed by atoms with van der Waals surface area (Å²) in [4.78, 5) is 27.7. The van der Waals surface area contributed by atoms with Gasteiger partial charge in [-0.05, 0) is 144 Å². The van der Waals surface area contributed by atoms with Gasteiger partial charge in [-0.2, -0.15) is 0 Å². The summed E-state index contributed by atoms with van der Waals surface area (Å²) in [5.74, 6) is 0.801. The fourth-order valence-corrected chi connectivity index (χ4v) is 11.8. The molecule has 73 heavy (non-hydrogen) atoms. The zero-order valence-electron chi connectivity index (χ0n) is 45.3. The maximum absolute atomic E-state index is 9.85. The van der Waals surface area contributed by atoms with Crippen molar-refractivity contribution in [2.24, 2.45) is 28.7 Å². The first-order valence-corrected chi connectivity index (χ1v) is 28.4. The third kappa shape index (κ3) is 18.2. The lowest BCUT2D eigenvalue weighted by Gasteiger charge is -2.28. The Bertz CT molecular complexity index is 2090. The van der Waals surface area contributed by atoms with Crippen molar-refractivity contribution in [2.75, 3.05) is 52.6 Å². The first-order valence-electron chi connectivity index (χ1n) is 25.1. The molecule has 0 saturated carbocycles. The van der Waals surface area contributed by atoms with Crippen LogP contribution in [0.15, 0.2) is 87.7 Å². The summed E-state index contributed by atoms with van der Waals surface area (Å²) >= 11 is 6.82. The molecule has 0 saturated heterocycles. The molecule has 0 aromatic heterocycles. The summed E-state index contributed by atoms with van der Waals surface area (Å²) in [6, 6.07) is 17.2. The number of fused-ring (bicyclic) bond motifs is 8. The normalized spacial score (nSPS) is 13.4. The van der Waals surface area contributed by atoms with Crippen LogP contribution in [0.25, 0.3) is 0 Å². The molecule has 404 valence electrons. The van der Waals surface area contributed by atoms with Crippen molar-refractivity contribution in [2.45, 2.75) is 182 Å². The number of nitrogens with two attached hydrogens (primary N) is 5. The van der Waals surface area contributed by atoms with E-state index in [1.165, 1.54) is 22.3 Å². The molecule has 5 rings (SSSR count). The number of hydrogen-bond donors (Lipinski definition) is 7. The van der Waals surface area contributed by atoms with Gasteiger partial charge in [0.1, 0.15) is 29.0 Å². The van der Waals surface area contributed by atoms with Crippen molar-refractivity contribution in [3.05, 3.63) is 70.8 Å². The summed E-state index contributed by atoms with van der Waals surface area (Å²) in [7, 11) is 0. The number of aliphatic carboxylic acids is 2. The monoisotopic (exact) mass is 1080 g/mol. The van der Waals surface area contributed by atoms with Gasteiger partial charge in [-0.3, -0.25) is 9.59 Å². The lowest BCUT2D eigenvalue weighted by Crippen LogP contribution is -2.32. The van der Waals surface area contributed by atoms with Gasteiger partial charge in [-0.15, -0.1) is 0 Å². The van der Waals surface area contributed by atoms with E-state index in [4.69, 9.17) is 57.8 Å². The van der Waals surface area contributed by atoms with E-state index in [1.807, 2.05) is 0 Å². The van der Waals surface area contributed by atoms with E-state index < -0.39 is 24.4 Å². The molecule has 1 unspecified atom stereocenters. The van der Waals surface area contributed by atoms with Gasteiger partial charge >= 0.3 is 11.9 Å². The number of hydrogen-bond acceptors (Lipinski definition) is 15. The molecular weight excluding hydrogens is 999 g/mol. The highest BCUT2D eigenvalue weighted by atomic mass is 32.2. The Labute approximate surface area is 452 Å². The number of ether oxygens (including phenoxy) is 4. The van der Waals surface area contributed by atoms with E-state index in [-0.39, 0.29) is 21.7 Å².